The summed E-state index contributed by atoms with van der Waals surface area (Å²) in [5.41, 5.74) is 2.26. The SMILES string of the molecule is Cc1cc(C(=O)N2CCCCC2C)ccc1NC(=O)/C=C/c1nccs1. The number of anilines is 1. The van der Waals surface area contributed by atoms with Crippen LogP contribution in [0.15, 0.2) is 35.9 Å². The van der Waals surface area contributed by atoms with Gasteiger partial charge in [-0.05, 0) is 62.9 Å². The Morgan fingerprint density at radius 2 is 2.19 bits per heavy atom. The third kappa shape index (κ3) is 4.38. The van der Waals surface area contributed by atoms with Crippen LogP contribution in [0.1, 0.15) is 47.1 Å². The van der Waals surface area contributed by atoms with Gasteiger partial charge in [0, 0.05) is 41.5 Å². The largest absolute Gasteiger partial charge is 0.336 e. The highest BCUT2D eigenvalue weighted by Gasteiger charge is 2.24. The zero-order valence-electron chi connectivity index (χ0n) is 15.1. The summed E-state index contributed by atoms with van der Waals surface area (Å²) in [6, 6.07) is 5.72. The van der Waals surface area contributed by atoms with E-state index in [1.807, 2.05) is 23.3 Å². The van der Waals surface area contributed by atoms with E-state index in [0.29, 0.717) is 11.3 Å². The third-order valence-electron chi connectivity index (χ3n) is 4.62. The van der Waals surface area contributed by atoms with Crippen molar-refractivity contribution in [3.05, 3.63) is 52.0 Å². The van der Waals surface area contributed by atoms with Gasteiger partial charge in [0.2, 0.25) is 5.91 Å². The van der Waals surface area contributed by atoms with Crippen LogP contribution in [0.25, 0.3) is 6.08 Å². The molecule has 0 saturated carbocycles. The van der Waals surface area contributed by atoms with E-state index < -0.39 is 0 Å². The Bertz CT molecular complexity index is 814. The number of amides is 2. The quantitative estimate of drug-likeness (QED) is 0.825. The van der Waals surface area contributed by atoms with Gasteiger partial charge in [-0.2, -0.15) is 0 Å². The van der Waals surface area contributed by atoms with Crippen LogP contribution < -0.4 is 5.32 Å². The first kappa shape index (κ1) is 18.3. The number of carbonyl (C=O) groups excluding carboxylic acids is 2. The molecule has 136 valence electrons. The molecule has 0 bridgehead atoms. The fraction of sp³-hybridized carbons (Fsp3) is 0.350. The number of aryl methyl sites for hydroxylation is 1. The first-order valence-corrected chi connectivity index (χ1v) is 9.73. The number of hydrogen-bond acceptors (Lipinski definition) is 4. The smallest absolute Gasteiger partial charge is 0.254 e. The van der Waals surface area contributed by atoms with Crippen molar-refractivity contribution in [2.45, 2.75) is 39.2 Å². The molecule has 1 unspecified atom stereocenters. The van der Waals surface area contributed by atoms with E-state index in [-0.39, 0.29) is 17.9 Å². The molecular formula is C20H23N3O2S. The van der Waals surface area contributed by atoms with E-state index >= 15 is 0 Å². The van der Waals surface area contributed by atoms with Crippen LogP contribution in [0.4, 0.5) is 5.69 Å². The number of carbonyl (C=O) groups is 2. The first-order chi connectivity index (χ1) is 12.5. The summed E-state index contributed by atoms with van der Waals surface area (Å²) in [6.07, 6.45) is 8.16. The molecule has 0 radical (unpaired) electrons. The molecule has 26 heavy (non-hydrogen) atoms. The molecule has 5 nitrogen and oxygen atoms in total. The highest BCUT2D eigenvalue weighted by atomic mass is 32.1. The van der Waals surface area contributed by atoms with Gasteiger partial charge in [-0.1, -0.05) is 0 Å². The van der Waals surface area contributed by atoms with Crippen molar-refractivity contribution >= 4 is 34.9 Å². The number of piperidine rings is 1. The van der Waals surface area contributed by atoms with Gasteiger partial charge < -0.3 is 10.2 Å². The molecule has 1 aliphatic heterocycles. The molecule has 6 heteroatoms. The average Bonchev–Trinajstić information content (AvgIpc) is 3.15. The molecule has 0 aliphatic carbocycles. The molecule has 3 rings (SSSR count). The van der Waals surface area contributed by atoms with Crippen molar-refractivity contribution in [2.24, 2.45) is 0 Å². The van der Waals surface area contributed by atoms with Crippen LogP contribution in [0.5, 0.6) is 0 Å². The second-order valence-corrected chi connectivity index (χ2v) is 7.49. The summed E-state index contributed by atoms with van der Waals surface area (Å²) in [4.78, 5) is 30.9. The molecule has 1 aliphatic rings. The van der Waals surface area contributed by atoms with Crippen molar-refractivity contribution in [3.8, 4) is 0 Å². The normalized spacial score (nSPS) is 17.5. The molecule has 1 atom stereocenters. The molecule has 2 heterocycles. The standard InChI is InChI=1S/C20H23N3O2S/c1-14-13-16(20(25)23-11-4-3-5-15(23)2)6-7-17(14)22-18(24)8-9-19-21-10-12-26-19/h6-10,12-13,15H,3-5,11H2,1-2H3,(H,22,24)/b9-8+. The van der Waals surface area contributed by atoms with Crippen LogP contribution in [-0.2, 0) is 4.79 Å². The molecule has 1 N–H and O–H groups in total. The fourth-order valence-electron chi connectivity index (χ4n) is 3.14. The van der Waals surface area contributed by atoms with E-state index in [9.17, 15) is 9.59 Å². The Balaban J connectivity index is 1.67. The van der Waals surface area contributed by atoms with E-state index in [0.717, 1.165) is 30.0 Å². The second kappa shape index (κ2) is 8.27. The molecule has 1 fully saturated rings. The Labute approximate surface area is 157 Å². The molecular weight excluding hydrogens is 346 g/mol. The molecule has 1 aromatic heterocycles. The summed E-state index contributed by atoms with van der Waals surface area (Å²) in [5.74, 6) is -0.145. The number of benzene rings is 1. The van der Waals surface area contributed by atoms with Crippen LogP contribution >= 0.6 is 11.3 Å². The summed E-state index contributed by atoms with van der Waals surface area (Å²) in [5, 5.41) is 5.50. The Morgan fingerprint density at radius 3 is 2.88 bits per heavy atom. The van der Waals surface area contributed by atoms with Crippen LogP contribution in [-0.4, -0.2) is 34.3 Å². The zero-order chi connectivity index (χ0) is 18.5. The van der Waals surface area contributed by atoms with Crippen molar-refractivity contribution in [3.63, 3.8) is 0 Å². The lowest BCUT2D eigenvalue weighted by Gasteiger charge is -2.33. The number of rotatable bonds is 4. The maximum absolute atomic E-state index is 12.8. The van der Waals surface area contributed by atoms with Gasteiger partial charge in [0.25, 0.3) is 5.91 Å². The third-order valence-corrected chi connectivity index (χ3v) is 5.36. The van der Waals surface area contributed by atoms with E-state index in [2.05, 4.69) is 17.2 Å². The van der Waals surface area contributed by atoms with Crippen LogP contribution in [0.3, 0.4) is 0 Å². The zero-order valence-corrected chi connectivity index (χ0v) is 15.9. The summed E-state index contributed by atoms with van der Waals surface area (Å²) in [7, 11) is 0. The topological polar surface area (TPSA) is 62.3 Å². The van der Waals surface area contributed by atoms with Gasteiger partial charge in [-0.15, -0.1) is 11.3 Å². The van der Waals surface area contributed by atoms with Crippen molar-refractivity contribution in [2.75, 3.05) is 11.9 Å². The lowest BCUT2D eigenvalue weighted by molar-refractivity contribution is -0.111. The number of nitrogens with one attached hydrogen (secondary N) is 1. The Morgan fingerprint density at radius 1 is 1.35 bits per heavy atom. The number of aromatic nitrogens is 1. The molecule has 0 spiro atoms. The average molecular weight is 369 g/mol. The number of likely N-dealkylation sites (tertiary alicyclic amines) is 1. The van der Waals surface area contributed by atoms with Crippen LogP contribution in [0.2, 0.25) is 0 Å². The van der Waals surface area contributed by atoms with Gasteiger partial charge in [-0.3, -0.25) is 9.59 Å². The van der Waals surface area contributed by atoms with Gasteiger partial charge in [0.1, 0.15) is 5.01 Å². The van der Waals surface area contributed by atoms with Gasteiger partial charge in [0.05, 0.1) is 0 Å². The van der Waals surface area contributed by atoms with Crippen molar-refractivity contribution in [1.29, 1.82) is 0 Å². The van der Waals surface area contributed by atoms with E-state index in [1.54, 1.807) is 24.4 Å². The molecule has 1 aromatic carbocycles. The van der Waals surface area contributed by atoms with E-state index in [1.165, 1.54) is 23.8 Å². The van der Waals surface area contributed by atoms with Gasteiger partial charge in [-0.25, -0.2) is 4.98 Å². The van der Waals surface area contributed by atoms with Gasteiger partial charge >= 0.3 is 0 Å². The number of nitrogens with zero attached hydrogens (tertiary/aromatic N) is 2. The lowest BCUT2D eigenvalue weighted by atomic mass is 10.0. The molecule has 2 aromatic rings. The maximum atomic E-state index is 12.8. The minimum Gasteiger partial charge on any atom is -0.336 e. The van der Waals surface area contributed by atoms with Crippen LogP contribution in [0, 0.1) is 6.92 Å². The van der Waals surface area contributed by atoms with E-state index in [4.69, 9.17) is 0 Å². The fourth-order valence-corrected chi connectivity index (χ4v) is 3.67. The highest BCUT2D eigenvalue weighted by Crippen LogP contribution is 2.22. The number of hydrogen-bond donors (Lipinski definition) is 1. The number of thiazole rings is 1. The lowest BCUT2D eigenvalue weighted by Crippen LogP contribution is -2.42. The van der Waals surface area contributed by atoms with Crippen molar-refractivity contribution < 1.29 is 9.59 Å². The molecule has 1 saturated heterocycles. The maximum Gasteiger partial charge on any atom is 0.254 e. The summed E-state index contributed by atoms with van der Waals surface area (Å²) in [6.45, 7) is 4.82. The Hall–Kier alpha value is -2.47. The van der Waals surface area contributed by atoms with Crippen molar-refractivity contribution in [1.82, 2.24) is 9.88 Å². The minimum atomic E-state index is -0.216. The first-order valence-electron chi connectivity index (χ1n) is 8.85. The minimum absolute atomic E-state index is 0.0712. The Kier molecular flexibility index (Phi) is 5.83. The summed E-state index contributed by atoms with van der Waals surface area (Å²) >= 11 is 1.47. The molecule has 2 amide bonds. The second-order valence-electron chi connectivity index (χ2n) is 6.57. The van der Waals surface area contributed by atoms with Gasteiger partial charge in [0.15, 0.2) is 0 Å². The monoisotopic (exact) mass is 369 g/mol. The predicted molar refractivity (Wildman–Crippen MR) is 105 cm³/mol. The summed E-state index contributed by atoms with van der Waals surface area (Å²) < 4.78 is 0. The highest BCUT2D eigenvalue weighted by molar-refractivity contribution is 7.10. The predicted octanol–water partition coefficient (Wildman–Crippen LogP) is 4.12.